The van der Waals surface area contributed by atoms with Crippen molar-refractivity contribution in [3.05, 3.63) is 11.9 Å². The maximum Gasteiger partial charge on any atom is 0.108 e. The van der Waals surface area contributed by atoms with Crippen LogP contribution in [0.1, 0.15) is 84.3 Å². The summed E-state index contributed by atoms with van der Waals surface area (Å²) in [5.74, 6) is 2.03. The van der Waals surface area contributed by atoms with Crippen LogP contribution in [0.3, 0.4) is 0 Å². The summed E-state index contributed by atoms with van der Waals surface area (Å²) in [4.78, 5) is 0. The number of ether oxygens (including phenoxy) is 3. The van der Waals surface area contributed by atoms with Crippen LogP contribution in [0, 0.1) is 40.9 Å². The molecule has 1 aromatic rings. The van der Waals surface area contributed by atoms with E-state index in [2.05, 4.69) is 31.1 Å². The average Bonchev–Trinajstić information content (AvgIpc) is 3.46. The fourth-order valence-corrected chi connectivity index (χ4v) is 9.23. The molecule has 3 aliphatic carbocycles. The van der Waals surface area contributed by atoms with E-state index in [0.29, 0.717) is 50.7 Å². The molecular weight excluding hydrogens is 482 g/mol. The van der Waals surface area contributed by atoms with E-state index in [1.54, 1.807) is 0 Å². The van der Waals surface area contributed by atoms with Crippen LogP contribution < -0.4 is 0 Å². The number of aromatic nitrogens is 3. The molecule has 3 saturated carbocycles. The lowest BCUT2D eigenvalue weighted by Crippen LogP contribution is -2.58. The SMILES string of the molecule is CO[C@@H]1C[C@@H]2C[C@H](O)CC[C@]2(C)[C@H]2CCOCCn3cc(nn3)COCCC[C@@H](C)C3CC[C@@H](C12)[C@]3(C)O. The minimum Gasteiger partial charge on any atom is -0.393 e. The molecule has 2 N–H and O–H groups in total. The molecule has 1 aromatic heterocycles. The first-order valence-electron chi connectivity index (χ1n) is 15.2. The number of nitrogens with zero attached hydrogens (tertiary/aromatic N) is 3. The van der Waals surface area contributed by atoms with Crippen molar-refractivity contribution < 1.29 is 24.4 Å². The molecule has 0 spiro atoms. The molecule has 216 valence electrons. The second kappa shape index (κ2) is 11.8. The number of rotatable bonds is 1. The Hall–Kier alpha value is -1.06. The Morgan fingerprint density at radius 2 is 1.82 bits per heavy atom. The molecule has 2 heterocycles. The molecule has 0 amide bonds. The van der Waals surface area contributed by atoms with Gasteiger partial charge in [0.1, 0.15) is 5.69 Å². The molecule has 10 atom stereocenters. The maximum atomic E-state index is 12.2. The van der Waals surface area contributed by atoms with Gasteiger partial charge in [-0.3, -0.25) is 0 Å². The van der Waals surface area contributed by atoms with Crippen molar-refractivity contribution in [3.63, 3.8) is 0 Å². The summed E-state index contributed by atoms with van der Waals surface area (Å²) in [5, 5.41) is 31.3. The highest BCUT2D eigenvalue weighted by Gasteiger charge is 2.60. The summed E-state index contributed by atoms with van der Waals surface area (Å²) in [6.45, 7) is 10.0. The minimum absolute atomic E-state index is 0.102. The van der Waals surface area contributed by atoms with Gasteiger partial charge in [0.05, 0.1) is 43.8 Å². The lowest BCUT2D eigenvalue weighted by Gasteiger charge is -2.59. The summed E-state index contributed by atoms with van der Waals surface area (Å²) in [7, 11) is 1.85. The van der Waals surface area contributed by atoms with E-state index in [1.165, 1.54) is 0 Å². The first-order valence-corrected chi connectivity index (χ1v) is 15.2. The number of hydrogen-bond acceptors (Lipinski definition) is 7. The maximum absolute atomic E-state index is 12.2. The Morgan fingerprint density at radius 3 is 2.63 bits per heavy atom. The largest absolute Gasteiger partial charge is 0.393 e. The molecule has 5 rings (SSSR count). The Bertz CT molecular complexity index is 908. The molecule has 2 unspecified atom stereocenters. The lowest BCUT2D eigenvalue weighted by molar-refractivity contribution is -0.176. The van der Waals surface area contributed by atoms with Gasteiger partial charge in [-0.1, -0.05) is 19.1 Å². The van der Waals surface area contributed by atoms with E-state index >= 15 is 0 Å². The molecule has 0 radical (unpaired) electrons. The third-order valence-electron chi connectivity index (χ3n) is 11.3. The Balaban J connectivity index is 1.42. The smallest absolute Gasteiger partial charge is 0.108 e. The number of methoxy groups -OCH3 is 1. The van der Waals surface area contributed by atoms with Gasteiger partial charge in [0.25, 0.3) is 0 Å². The van der Waals surface area contributed by atoms with Gasteiger partial charge in [0, 0.05) is 20.3 Å². The van der Waals surface area contributed by atoms with Crippen molar-refractivity contribution in [3.8, 4) is 0 Å². The normalized spacial score (nSPS) is 45.3. The summed E-state index contributed by atoms with van der Waals surface area (Å²) >= 11 is 0. The molecule has 4 aliphatic rings. The number of hydrogen-bond donors (Lipinski definition) is 2. The van der Waals surface area contributed by atoms with E-state index in [1.807, 2.05) is 18.0 Å². The molecule has 0 aromatic carbocycles. The Labute approximate surface area is 228 Å². The lowest BCUT2D eigenvalue weighted by atomic mass is 9.48. The molecule has 3 fully saturated rings. The molecule has 1 aliphatic heterocycles. The van der Waals surface area contributed by atoms with Crippen molar-refractivity contribution in [1.82, 2.24) is 15.0 Å². The highest BCUT2D eigenvalue weighted by Crippen LogP contribution is 2.62. The van der Waals surface area contributed by atoms with E-state index in [4.69, 9.17) is 14.2 Å². The summed E-state index contributed by atoms with van der Waals surface area (Å²) in [6.07, 6.45) is 10.7. The zero-order valence-corrected chi connectivity index (χ0v) is 24.1. The Morgan fingerprint density at radius 1 is 1.00 bits per heavy atom. The summed E-state index contributed by atoms with van der Waals surface area (Å²) < 4.78 is 20.2. The van der Waals surface area contributed by atoms with Crippen LogP contribution in [0.2, 0.25) is 0 Å². The zero-order chi connectivity index (χ0) is 26.9. The van der Waals surface area contributed by atoms with E-state index in [9.17, 15) is 10.2 Å². The molecule has 8 heteroatoms. The fraction of sp³-hybridized carbons (Fsp3) is 0.933. The average molecular weight is 534 g/mol. The van der Waals surface area contributed by atoms with Gasteiger partial charge in [-0.25, -0.2) is 4.68 Å². The van der Waals surface area contributed by atoms with Crippen LogP contribution in [0.25, 0.3) is 0 Å². The van der Waals surface area contributed by atoms with Gasteiger partial charge in [-0.05, 0) is 106 Å². The van der Waals surface area contributed by atoms with Crippen molar-refractivity contribution in [2.45, 2.75) is 110 Å². The molecule has 0 saturated heterocycles. The van der Waals surface area contributed by atoms with E-state index < -0.39 is 5.60 Å². The number of aliphatic hydroxyl groups is 2. The number of aliphatic hydroxyl groups excluding tert-OH is 1. The summed E-state index contributed by atoms with van der Waals surface area (Å²) in [5.41, 5.74) is 0.254. The number of fused-ring (bicyclic) bond motifs is 8. The molecular formula is C30H51N3O5. The van der Waals surface area contributed by atoms with Crippen LogP contribution in [0.4, 0.5) is 0 Å². The third-order valence-corrected chi connectivity index (χ3v) is 11.3. The first-order chi connectivity index (χ1) is 18.2. The van der Waals surface area contributed by atoms with E-state index in [0.717, 1.165) is 63.5 Å². The van der Waals surface area contributed by atoms with Gasteiger partial charge in [-0.15, -0.1) is 5.10 Å². The predicted octanol–water partition coefficient (Wildman–Crippen LogP) is 4.23. The topological polar surface area (TPSA) is 98.9 Å². The highest BCUT2D eigenvalue weighted by molar-refractivity contribution is 5.09. The Kier molecular flexibility index (Phi) is 8.85. The molecule has 38 heavy (non-hydrogen) atoms. The van der Waals surface area contributed by atoms with Crippen molar-refractivity contribution >= 4 is 0 Å². The van der Waals surface area contributed by atoms with Crippen molar-refractivity contribution in [2.24, 2.45) is 40.9 Å². The minimum atomic E-state index is -0.723. The fourth-order valence-electron chi connectivity index (χ4n) is 9.23. The van der Waals surface area contributed by atoms with Crippen LogP contribution >= 0.6 is 0 Å². The third kappa shape index (κ3) is 5.58. The van der Waals surface area contributed by atoms with Crippen LogP contribution in [0.15, 0.2) is 6.20 Å². The monoisotopic (exact) mass is 533 g/mol. The summed E-state index contributed by atoms with van der Waals surface area (Å²) in [6, 6.07) is 0. The molecule has 4 bridgehead atoms. The van der Waals surface area contributed by atoms with Gasteiger partial charge in [0.15, 0.2) is 0 Å². The van der Waals surface area contributed by atoms with Crippen LogP contribution in [-0.2, 0) is 27.4 Å². The van der Waals surface area contributed by atoms with Crippen molar-refractivity contribution in [2.75, 3.05) is 26.9 Å². The van der Waals surface area contributed by atoms with Gasteiger partial charge < -0.3 is 24.4 Å². The van der Waals surface area contributed by atoms with E-state index in [-0.39, 0.29) is 35.4 Å². The van der Waals surface area contributed by atoms with Crippen molar-refractivity contribution in [1.29, 1.82) is 0 Å². The van der Waals surface area contributed by atoms with Crippen LogP contribution in [0.5, 0.6) is 0 Å². The van der Waals surface area contributed by atoms with Gasteiger partial charge >= 0.3 is 0 Å². The molecule has 8 nitrogen and oxygen atoms in total. The second-order valence-electron chi connectivity index (χ2n) is 13.4. The quantitative estimate of drug-likeness (QED) is 0.557. The first kappa shape index (κ1) is 28.5. The second-order valence-corrected chi connectivity index (χ2v) is 13.4. The highest BCUT2D eigenvalue weighted by atomic mass is 16.5. The predicted molar refractivity (Wildman–Crippen MR) is 144 cm³/mol. The van der Waals surface area contributed by atoms with Gasteiger partial charge in [-0.2, -0.15) is 0 Å². The zero-order valence-electron chi connectivity index (χ0n) is 24.1. The van der Waals surface area contributed by atoms with Gasteiger partial charge in [0.2, 0.25) is 0 Å². The van der Waals surface area contributed by atoms with Crippen LogP contribution in [-0.4, -0.2) is 69.9 Å². The standard InChI is InChI=1S/C30H51N3O5/c1-20-6-5-13-38-19-22-18-33(32-31-22)12-15-37-14-10-25-28(26-8-7-24(20)30(26,3)35)27(36-4)17-21-16-23(34)9-11-29(21,25)2/h18,20-21,23-28,34-35H,5-17,19H2,1-4H3/t20-,21+,23-,24?,25+,26+,27-,28?,29+,30-/m1/s1.